The van der Waals surface area contributed by atoms with E-state index in [-0.39, 0.29) is 23.6 Å². The molecule has 1 aliphatic rings. The molecule has 0 aromatic heterocycles. The second kappa shape index (κ2) is 6.22. The quantitative estimate of drug-likeness (QED) is 0.891. The van der Waals surface area contributed by atoms with E-state index < -0.39 is 5.82 Å². The summed E-state index contributed by atoms with van der Waals surface area (Å²) >= 11 is 0. The fourth-order valence-electron chi connectivity index (χ4n) is 2.71. The van der Waals surface area contributed by atoms with Crippen LogP contribution in [0.1, 0.15) is 30.1 Å². The Kier molecular flexibility index (Phi) is 4.60. The van der Waals surface area contributed by atoms with Crippen LogP contribution in [0, 0.1) is 11.7 Å². The zero-order valence-electron chi connectivity index (χ0n) is 11.9. The first-order chi connectivity index (χ1) is 9.54. The molecule has 1 aromatic carbocycles. The molecule has 1 atom stereocenters. The zero-order valence-corrected chi connectivity index (χ0v) is 11.9. The number of nitrogens with one attached hydrogen (secondary N) is 1. The number of hydrogen-bond acceptors (Lipinski definition) is 3. The topological polar surface area (TPSA) is 52.6 Å². The molecular formula is C15H21FN2O2. The van der Waals surface area contributed by atoms with Gasteiger partial charge in [0.25, 0.3) is 5.91 Å². The average molecular weight is 280 g/mol. The number of para-hydroxylation sites is 1. The van der Waals surface area contributed by atoms with Crippen molar-refractivity contribution in [1.82, 2.24) is 4.90 Å². The summed E-state index contributed by atoms with van der Waals surface area (Å²) in [5.74, 6) is -0.328. The van der Waals surface area contributed by atoms with Crippen molar-refractivity contribution in [3.8, 4) is 0 Å². The van der Waals surface area contributed by atoms with Crippen molar-refractivity contribution in [2.24, 2.45) is 5.92 Å². The second-order valence-corrected chi connectivity index (χ2v) is 5.28. The highest BCUT2D eigenvalue weighted by molar-refractivity contribution is 5.99. The van der Waals surface area contributed by atoms with E-state index in [2.05, 4.69) is 5.32 Å². The van der Waals surface area contributed by atoms with Gasteiger partial charge in [0.05, 0.1) is 17.4 Å². The van der Waals surface area contributed by atoms with Gasteiger partial charge >= 0.3 is 0 Å². The Morgan fingerprint density at radius 2 is 2.10 bits per heavy atom. The molecule has 1 aliphatic heterocycles. The van der Waals surface area contributed by atoms with Crippen LogP contribution in [0.2, 0.25) is 0 Å². The first kappa shape index (κ1) is 14.8. The molecule has 0 saturated carbocycles. The fraction of sp³-hybridized carbons (Fsp3) is 0.533. The number of carbonyl (C=O) groups excluding carboxylic acids is 1. The molecule has 0 aliphatic carbocycles. The van der Waals surface area contributed by atoms with Crippen molar-refractivity contribution in [2.45, 2.75) is 25.9 Å². The smallest absolute Gasteiger partial charge is 0.256 e. The Hall–Kier alpha value is -1.62. The molecular weight excluding hydrogens is 259 g/mol. The van der Waals surface area contributed by atoms with Gasteiger partial charge in [0.2, 0.25) is 0 Å². The molecule has 0 spiro atoms. The lowest BCUT2D eigenvalue weighted by Gasteiger charge is -2.33. The Labute approximate surface area is 118 Å². The lowest BCUT2D eigenvalue weighted by Crippen LogP contribution is -2.41. The van der Waals surface area contributed by atoms with Crippen LogP contribution in [-0.2, 0) is 0 Å². The van der Waals surface area contributed by atoms with Crippen molar-refractivity contribution in [2.75, 3.05) is 25.5 Å². The SMILES string of the molecule is CNc1c(F)cccc1C(=O)N1CCC(C(C)O)CC1. The van der Waals surface area contributed by atoms with Gasteiger partial charge in [-0.1, -0.05) is 6.07 Å². The molecule has 5 heteroatoms. The van der Waals surface area contributed by atoms with Crippen LogP contribution in [-0.4, -0.2) is 42.2 Å². The van der Waals surface area contributed by atoms with Gasteiger partial charge in [-0.25, -0.2) is 4.39 Å². The molecule has 1 aromatic rings. The highest BCUT2D eigenvalue weighted by Crippen LogP contribution is 2.25. The van der Waals surface area contributed by atoms with Crippen LogP contribution in [0.5, 0.6) is 0 Å². The summed E-state index contributed by atoms with van der Waals surface area (Å²) in [6.45, 7) is 3.00. The standard InChI is InChI=1S/C15H21FN2O2/c1-10(19)11-6-8-18(9-7-11)15(20)12-4-3-5-13(16)14(12)17-2/h3-5,10-11,17,19H,6-9H2,1-2H3. The molecule has 0 bridgehead atoms. The maximum atomic E-state index is 13.7. The van der Waals surface area contributed by atoms with Gasteiger partial charge in [0.15, 0.2) is 0 Å². The first-order valence-corrected chi connectivity index (χ1v) is 6.98. The maximum absolute atomic E-state index is 13.7. The van der Waals surface area contributed by atoms with Gasteiger partial charge in [-0.05, 0) is 37.8 Å². The maximum Gasteiger partial charge on any atom is 0.256 e. The summed E-state index contributed by atoms with van der Waals surface area (Å²) in [7, 11) is 1.61. The van der Waals surface area contributed by atoms with Crippen LogP contribution in [0.25, 0.3) is 0 Å². The second-order valence-electron chi connectivity index (χ2n) is 5.28. The highest BCUT2D eigenvalue weighted by Gasteiger charge is 2.27. The van der Waals surface area contributed by atoms with Gasteiger partial charge in [-0.2, -0.15) is 0 Å². The van der Waals surface area contributed by atoms with Crippen LogP contribution in [0.15, 0.2) is 18.2 Å². The third-order valence-corrected chi connectivity index (χ3v) is 4.00. The molecule has 1 amide bonds. The number of nitrogens with zero attached hydrogens (tertiary/aromatic N) is 1. The average Bonchev–Trinajstić information content (AvgIpc) is 2.46. The van der Waals surface area contributed by atoms with Crippen LogP contribution >= 0.6 is 0 Å². The Balaban J connectivity index is 2.11. The minimum absolute atomic E-state index is 0.155. The van der Waals surface area contributed by atoms with Gasteiger partial charge in [0.1, 0.15) is 5.82 Å². The van der Waals surface area contributed by atoms with Crippen LogP contribution in [0.4, 0.5) is 10.1 Å². The van der Waals surface area contributed by atoms with Crippen molar-refractivity contribution < 1.29 is 14.3 Å². The predicted molar refractivity (Wildman–Crippen MR) is 76.3 cm³/mol. The number of amides is 1. The molecule has 1 fully saturated rings. The van der Waals surface area contributed by atoms with Gasteiger partial charge in [-0.3, -0.25) is 4.79 Å². The van der Waals surface area contributed by atoms with E-state index in [0.717, 1.165) is 12.8 Å². The summed E-state index contributed by atoms with van der Waals surface area (Å²) in [6, 6.07) is 4.52. The molecule has 110 valence electrons. The summed E-state index contributed by atoms with van der Waals surface area (Å²) in [5, 5.41) is 12.3. The van der Waals surface area contributed by atoms with Crippen molar-refractivity contribution in [3.05, 3.63) is 29.6 Å². The molecule has 2 N–H and O–H groups in total. The number of likely N-dealkylation sites (tertiary alicyclic amines) is 1. The van der Waals surface area contributed by atoms with E-state index in [4.69, 9.17) is 0 Å². The van der Waals surface area contributed by atoms with Gasteiger partial charge in [0, 0.05) is 20.1 Å². The predicted octanol–water partition coefficient (Wildman–Crippen LogP) is 2.10. The Bertz CT molecular complexity index is 483. The summed E-state index contributed by atoms with van der Waals surface area (Å²) in [4.78, 5) is 14.2. The normalized spacial score (nSPS) is 17.9. The number of carbonyl (C=O) groups is 1. The first-order valence-electron chi connectivity index (χ1n) is 6.98. The molecule has 0 radical (unpaired) electrons. The fourth-order valence-corrected chi connectivity index (χ4v) is 2.71. The number of benzene rings is 1. The van der Waals surface area contributed by atoms with Gasteiger partial charge in [-0.15, -0.1) is 0 Å². The molecule has 1 saturated heterocycles. The molecule has 1 heterocycles. The van der Waals surface area contributed by atoms with E-state index in [9.17, 15) is 14.3 Å². The zero-order chi connectivity index (χ0) is 14.7. The number of aliphatic hydroxyl groups is 1. The minimum atomic E-state index is -0.419. The van der Waals surface area contributed by atoms with Crippen LogP contribution in [0.3, 0.4) is 0 Å². The van der Waals surface area contributed by atoms with E-state index in [1.165, 1.54) is 6.07 Å². The Morgan fingerprint density at radius 1 is 1.45 bits per heavy atom. The number of hydrogen-bond donors (Lipinski definition) is 2. The van der Waals surface area contributed by atoms with Crippen molar-refractivity contribution in [3.63, 3.8) is 0 Å². The molecule has 20 heavy (non-hydrogen) atoms. The number of anilines is 1. The summed E-state index contributed by atoms with van der Waals surface area (Å²) < 4.78 is 13.7. The number of rotatable bonds is 3. The Morgan fingerprint density at radius 3 is 2.65 bits per heavy atom. The lowest BCUT2D eigenvalue weighted by atomic mass is 9.92. The monoisotopic (exact) mass is 280 g/mol. The minimum Gasteiger partial charge on any atom is -0.393 e. The molecule has 1 unspecified atom stereocenters. The van der Waals surface area contributed by atoms with Crippen LogP contribution < -0.4 is 5.32 Å². The summed E-state index contributed by atoms with van der Waals surface area (Å²) in [6.07, 6.45) is 1.23. The number of aliphatic hydroxyl groups excluding tert-OH is 1. The highest BCUT2D eigenvalue weighted by atomic mass is 19.1. The number of halogens is 1. The largest absolute Gasteiger partial charge is 0.393 e. The molecule has 2 rings (SSSR count). The third kappa shape index (κ3) is 2.93. The molecule has 4 nitrogen and oxygen atoms in total. The van der Waals surface area contributed by atoms with Gasteiger partial charge < -0.3 is 15.3 Å². The van der Waals surface area contributed by atoms with Crippen molar-refractivity contribution >= 4 is 11.6 Å². The lowest BCUT2D eigenvalue weighted by molar-refractivity contribution is 0.0522. The van der Waals surface area contributed by atoms with E-state index >= 15 is 0 Å². The summed E-state index contributed by atoms with van der Waals surface area (Å²) in [5.41, 5.74) is 0.609. The van der Waals surface area contributed by atoms with E-state index in [1.54, 1.807) is 31.0 Å². The third-order valence-electron chi connectivity index (χ3n) is 4.00. The van der Waals surface area contributed by atoms with E-state index in [0.29, 0.717) is 18.7 Å². The number of piperidine rings is 1. The van der Waals surface area contributed by atoms with Crippen molar-refractivity contribution in [1.29, 1.82) is 0 Å². The van der Waals surface area contributed by atoms with E-state index in [1.807, 2.05) is 0 Å².